The Hall–Kier alpha value is -1.69. The van der Waals surface area contributed by atoms with Crippen LogP contribution in [0.5, 0.6) is 0 Å². The van der Waals surface area contributed by atoms with Crippen LogP contribution in [0.3, 0.4) is 0 Å². The molecule has 6 heteroatoms. The molecule has 1 aromatic rings. The van der Waals surface area contributed by atoms with E-state index in [4.69, 9.17) is 0 Å². The van der Waals surface area contributed by atoms with Crippen LogP contribution in [0.2, 0.25) is 0 Å². The van der Waals surface area contributed by atoms with Gasteiger partial charge in [0, 0.05) is 61.9 Å². The summed E-state index contributed by atoms with van der Waals surface area (Å²) in [6, 6.07) is 5.83. The van der Waals surface area contributed by atoms with Crippen LogP contribution in [-0.4, -0.2) is 66.3 Å². The highest BCUT2D eigenvalue weighted by atomic mass is 32.2. The zero-order valence-electron chi connectivity index (χ0n) is 15.1. The van der Waals surface area contributed by atoms with Crippen molar-refractivity contribution >= 4 is 29.3 Å². The first kappa shape index (κ1) is 18.1. The van der Waals surface area contributed by atoms with E-state index in [0.29, 0.717) is 19.0 Å². The van der Waals surface area contributed by atoms with Gasteiger partial charge in [0.1, 0.15) is 0 Å². The second kappa shape index (κ2) is 8.13. The third-order valence-corrected chi connectivity index (χ3v) is 6.14. The SMILES string of the molecule is CNc1ccc(C(=O)N2CCC(C(=O)N3CCSCC3)CC2)c(C)c1. The Bertz CT molecular complexity index is 636. The molecular weight excluding hydrogens is 334 g/mol. The molecular formula is C19H27N3O2S. The average molecular weight is 362 g/mol. The van der Waals surface area contributed by atoms with Gasteiger partial charge in [0.15, 0.2) is 0 Å². The third-order valence-electron chi connectivity index (χ3n) is 5.20. The van der Waals surface area contributed by atoms with E-state index in [1.54, 1.807) is 0 Å². The number of nitrogens with one attached hydrogen (secondary N) is 1. The molecule has 0 aliphatic carbocycles. The monoisotopic (exact) mass is 361 g/mol. The van der Waals surface area contributed by atoms with Crippen LogP contribution in [0.15, 0.2) is 18.2 Å². The van der Waals surface area contributed by atoms with Crippen molar-refractivity contribution in [1.29, 1.82) is 0 Å². The number of piperidine rings is 1. The lowest BCUT2D eigenvalue weighted by Gasteiger charge is -2.35. The molecule has 0 saturated carbocycles. The Kier molecular flexibility index (Phi) is 5.89. The molecule has 1 N–H and O–H groups in total. The number of hydrogen-bond acceptors (Lipinski definition) is 4. The summed E-state index contributed by atoms with van der Waals surface area (Å²) >= 11 is 1.92. The number of aryl methyl sites for hydroxylation is 1. The van der Waals surface area contributed by atoms with Crippen LogP contribution >= 0.6 is 11.8 Å². The number of carbonyl (C=O) groups is 2. The van der Waals surface area contributed by atoms with E-state index in [-0.39, 0.29) is 11.8 Å². The van der Waals surface area contributed by atoms with E-state index >= 15 is 0 Å². The second-order valence-electron chi connectivity index (χ2n) is 6.78. The smallest absolute Gasteiger partial charge is 0.254 e. The summed E-state index contributed by atoms with van der Waals surface area (Å²) in [5, 5.41) is 3.09. The lowest BCUT2D eigenvalue weighted by atomic mass is 9.94. The van der Waals surface area contributed by atoms with Gasteiger partial charge in [-0.2, -0.15) is 11.8 Å². The molecule has 2 aliphatic heterocycles. The predicted molar refractivity (Wildman–Crippen MR) is 103 cm³/mol. The van der Waals surface area contributed by atoms with E-state index in [9.17, 15) is 9.59 Å². The fourth-order valence-electron chi connectivity index (χ4n) is 3.60. The molecule has 2 aliphatic rings. The summed E-state index contributed by atoms with van der Waals surface area (Å²) < 4.78 is 0. The summed E-state index contributed by atoms with van der Waals surface area (Å²) in [5.74, 6) is 2.55. The van der Waals surface area contributed by atoms with E-state index in [2.05, 4.69) is 5.32 Å². The van der Waals surface area contributed by atoms with Gasteiger partial charge in [-0.05, 0) is 43.5 Å². The molecule has 0 spiro atoms. The Labute approximate surface area is 154 Å². The number of thioether (sulfide) groups is 1. The molecule has 5 nitrogen and oxygen atoms in total. The highest BCUT2D eigenvalue weighted by molar-refractivity contribution is 7.99. The Morgan fingerprint density at radius 3 is 2.36 bits per heavy atom. The van der Waals surface area contributed by atoms with Crippen LogP contribution in [-0.2, 0) is 4.79 Å². The first-order valence-electron chi connectivity index (χ1n) is 9.04. The standard InChI is InChI=1S/C19H27N3O2S/c1-14-13-16(20-2)3-4-17(14)19(24)21-7-5-15(6-8-21)18(23)22-9-11-25-12-10-22/h3-4,13,15,20H,5-12H2,1-2H3. The third kappa shape index (κ3) is 4.11. The molecule has 136 valence electrons. The van der Waals surface area contributed by atoms with E-state index in [1.165, 1.54) is 0 Å². The molecule has 0 atom stereocenters. The molecule has 0 unspecified atom stereocenters. The van der Waals surface area contributed by atoms with Gasteiger partial charge in [0.25, 0.3) is 5.91 Å². The maximum Gasteiger partial charge on any atom is 0.254 e. The van der Waals surface area contributed by atoms with Gasteiger partial charge in [0.2, 0.25) is 5.91 Å². The molecule has 0 radical (unpaired) electrons. The Morgan fingerprint density at radius 2 is 1.76 bits per heavy atom. The lowest BCUT2D eigenvalue weighted by Crippen LogP contribution is -2.46. The normalized spacial score (nSPS) is 19.0. The maximum atomic E-state index is 12.8. The summed E-state index contributed by atoms with van der Waals surface area (Å²) in [6.07, 6.45) is 1.56. The first-order valence-corrected chi connectivity index (χ1v) is 10.2. The van der Waals surface area contributed by atoms with E-state index in [0.717, 1.165) is 54.3 Å². The van der Waals surface area contributed by atoms with Crippen molar-refractivity contribution < 1.29 is 9.59 Å². The van der Waals surface area contributed by atoms with Crippen LogP contribution in [0.1, 0.15) is 28.8 Å². The van der Waals surface area contributed by atoms with Gasteiger partial charge in [-0.1, -0.05) is 0 Å². The lowest BCUT2D eigenvalue weighted by molar-refractivity contribution is -0.136. The molecule has 0 aromatic heterocycles. The highest BCUT2D eigenvalue weighted by Crippen LogP contribution is 2.24. The zero-order chi connectivity index (χ0) is 17.8. The molecule has 1 aromatic carbocycles. The zero-order valence-corrected chi connectivity index (χ0v) is 15.9. The van der Waals surface area contributed by atoms with E-state index in [1.807, 2.05) is 53.7 Å². The summed E-state index contributed by atoms with van der Waals surface area (Å²) in [4.78, 5) is 29.3. The van der Waals surface area contributed by atoms with Crippen LogP contribution in [0, 0.1) is 12.8 Å². The average Bonchev–Trinajstić information content (AvgIpc) is 2.67. The minimum Gasteiger partial charge on any atom is -0.388 e. The number of nitrogens with zero attached hydrogens (tertiary/aromatic N) is 2. The van der Waals surface area contributed by atoms with Crippen molar-refractivity contribution in [3.8, 4) is 0 Å². The van der Waals surface area contributed by atoms with Gasteiger partial charge in [0.05, 0.1) is 0 Å². The summed E-state index contributed by atoms with van der Waals surface area (Å²) in [7, 11) is 1.87. The van der Waals surface area contributed by atoms with Gasteiger partial charge in [-0.15, -0.1) is 0 Å². The topological polar surface area (TPSA) is 52.7 Å². The molecule has 2 heterocycles. The van der Waals surface area contributed by atoms with Gasteiger partial charge < -0.3 is 15.1 Å². The van der Waals surface area contributed by atoms with Crippen molar-refractivity contribution in [2.24, 2.45) is 5.92 Å². The number of amides is 2. The van der Waals surface area contributed by atoms with Gasteiger partial charge in [-0.3, -0.25) is 9.59 Å². The molecule has 3 rings (SSSR count). The van der Waals surface area contributed by atoms with Crippen molar-refractivity contribution in [2.45, 2.75) is 19.8 Å². The minimum atomic E-state index is 0.0833. The number of likely N-dealkylation sites (tertiary alicyclic amines) is 1. The van der Waals surface area contributed by atoms with Crippen molar-refractivity contribution in [3.05, 3.63) is 29.3 Å². The predicted octanol–water partition coefficient (Wildman–Crippen LogP) is 2.46. The van der Waals surface area contributed by atoms with Crippen molar-refractivity contribution in [2.75, 3.05) is 50.0 Å². The number of benzene rings is 1. The summed E-state index contributed by atoms with van der Waals surface area (Å²) in [5.41, 5.74) is 2.76. The van der Waals surface area contributed by atoms with Crippen molar-refractivity contribution in [1.82, 2.24) is 9.80 Å². The largest absolute Gasteiger partial charge is 0.388 e. The number of hydrogen-bond donors (Lipinski definition) is 1. The van der Waals surface area contributed by atoms with E-state index < -0.39 is 0 Å². The van der Waals surface area contributed by atoms with Crippen molar-refractivity contribution in [3.63, 3.8) is 0 Å². The van der Waals surface area contributed by atoms with Crippen LogP contribution in [0.25, 0.3) is 0 Å². The van der Waals surface area contributed by atoms with Crippen LogP contribution < -0.4 is 5.32 Å². The number of anilines is 1. The molecule has 2 amide bonds. The fourth-order valence-corrected chi connectivity index (χ4v) is 4.50. The molecule has 2 fully saturated rings. The minimum absolute atomic E-state index is 0.0833. The molecule has 2 saturated heterocycles. The highest BCUT2D eigenvalue weighted by Gasteiger charge is 2.31. The van der Waals surface area contributed by atoms with Gasteiger partial charge >= 0.3 is 0 Å². The fraction of sp³-hybridized carbons (Fsp3) is 0.579. The first-order chi connectivity index (χ1) is 12.1. The van der Waals surface area contributed by atoms with Crippen LogP contribution in [0.4, 0.5) is 5.69 Å². The number of rotatable bonds is 3. The Morgan fingerprint density at radius 1 is 1.08 bits per heavy atom. The second-order valence-corrected chi connectivity index (χ2v) is 8.01. The maximum absolute atomic E-state index is 12.8. The Balaban J connectivity index is 1.58. The summed E-state index contributed by atoms with van der Waals surface area (Å²) in [6.45, 7) is 5.06. The molecule has 25 heavy (non-hydrogen) atoms. The molecule has 0 bridgehead atoms. The van der Waals surface area contributed by atoms with Gasteiger partial charge in [-0.25, -0.2) is 0 Å². The quantitative estimate of drug-likeness (QED) is 0.899. The number of carbonyl (C=O) groups excluding carboxylic acids is 2.